The van der Waals surface area contributed by atoms with Crippen LogP contribution in [0, 0.1) is 23.0 Å². The first kappa shape index (κ1) is 33.6. The van der Waals surface area contributed by atoms with Gasteiger partial charge < -0.3 is 9.32 Å². The maximum absolute atomic E-state index is 15.0. The summed E-state index contributed by atoms with van der Waals surface area (Å²) in [7, 11) is 0. The number of benzene rings is 3. The van der Waals surface area contributed by atoms with Crippen molar-refractivity contribution < 1.29 is 32.0 Å². The van der Waals surface area contributed by atoms with E-state index in [0.29, 0.717) is 11.5 Å². The van der Waals surface area contributed by atoms with Crippen LogP contribution < -0.4 is 0 Å². The van der Waals surface area contributed by atoms with Crippen LogP contribution in [-0.4, -0.2) is 51.8 Å². The van der Waals surface area contributed by atoms with Crippen LogP contribution in [0.5, 0.6) is 0 Å². The Bertz CT molecular complexity index is 1750. The zero-order valence-corrected chi connectivity index (χ0v) is 27.1. The average Bonchev–Trinajstić information content (AvgIpc) is 3.55. The fourth-order valence-corrected chi connectivity index (χ4v) is 6.09. The summed E-state index contributed by atoms with van der Waals surface area (Å²) in [6.07, 6.45) is 0.211. The van der Waals surface area contributed by atoms with Crippen LogP contribution >= 0.6 is 0 Å². The number of nitrogens with zero attached hydrogens (tertiary/aromatic N) is 3. The first-order chi connectivity index (χ1) is 22.3. The van der Waals surface area contributed by atoms with E-state index in [9.17, 15) is 27.6 Å². The molecule has 0 saturated carbocycles. The van der Waals surface area contributed by atoms with E-state index < -0.39 is 53.5 Å². The molecule has 10 heteroatoms. The van der Waals surface area contributed by atoms with Gasteiger partial charge >= 0.3 is 0 Å². The third-order valence-electron chi connectivity index (χ3n) is 8.33. The number of imide groups is 1. The van der Waals surface area contributed by atoms with Crippen LogP contribution in [0.1, 0.15) is 84.8 Å². The van der Waals surface area contributed by atoms with Crippen molar-refractivity contribution in [3.63, 3.8) is 0 Å². The molecule has 1 aliphatic rings. The third kappa shape index (κ3) is 6.87. The molecule has 7 nitrogen and oxygen atoms in total. The van der Waals surface area contributed by atoms with E-state index in [1.807, 2.05) is 51.1 Å². The van der Waals surface area contributed by atoms with Crippen LogP contribution in [0.25, 0.3) is 11.5 Å². The van der Waals surface area contributed by atoms with Crippen LogP contribution in [0.3, 0.4) is 0 Å². The minimum absolute atomic E-state index is 0.0256. The molecule has 5 rings (SSSR count). The van der Waals surface area contributed by atoms with Crippen LogP contribution in [0.4, 0.5) is 13.2 Å². The Morgan fingerprint density at radius 2 is 1.53 bits per heavy atom. The maximum Gasteiger partial charge on any atom is 0.261 e. The molecule has 47 heavy (non-hydrogen) atoms. The fraction of sp³-hybridized carbons (Fsp3) is 0.351. The van der Waals surface area contributed by atoms with Crippen molar-refractivity contribution >= 4 is 17.7 Å². The fourth-order valence-electron chi connectivity index (χ4n) is 6.09. The van der Waals surface area contributed by atoms with E-state index in [1.165, 1.54) is 12.1 Å². The Kier molecular flexibility index (Phi) is 9.70. The molecule has 2 heterocycles. The van der Waals surface area contributed by atoms with Crippen LogP contribution in [-0.2, 0) is 11.2 Å². The zero-order valence-electron chi connectivity index (χ0n) is 27.1. The van der Waals surface area contributed by atoms with Gasteiger partial charge in [-0.15, -0.1) is 0 Å². The summed E-state index contributed by atoms with van der Waals surface area (Å²) in [5.74, 6) is -3.07. The second kappa shape index (κ2) is 13.6. The van der Waals surface area contributed by atoms with Crippen molar-refractivity contribution in [1.29, 1.82) is 0 Å². The molecule has 0 radical (unpaired) electrons. The first-order valence-electron chi connectivity index (χ1n) is 15.6. The molecule has 1 aromatic heterocycles. The third-order valence-corrected chi connectivity index (χ3v) is 8.33. The van der Waals surface area contributed by atoms with Gasteiger partial charge in [-0.3, -0.25) is 19.3 Å². The number of fused-ring (bicyclic) bond motifs is 1. The molecule has 0 unspecified atom stereocenters. The summed E-state index contributed by atoms with van der Waals surface area (Å²) in [5.41, 5.74) is 0.793. The minimum Gasteiger partial charge on any atom is -0.440 e. The summed E-state index contributed by atoms with van der Waals surface area (Å²) < 4.78 is 50.1. The lowest BCUT2D eigenvalue weighted by Crippen LogP contribution is -2.47. The van der Waals surface area contributed by atoms with Gasteiger partial charge in [-0.1, -0.05) is 77.1 Å². The van der Waals surface area contributed by atoms with Crippen LogP contribution in [0.2, 0.25) is 0 Å². The quantitative estimate of drug-likeness (QED) is 0.156. The zero-order chi connectivity index (χ0) is 34.0. The molecule has 0 saturated heterocycles. The maximum atomic E-state index is 15.0. The Balaban J connectivity index is 1.57. The highest BCUT2D eigenvalue weighted by Crippen LogP contribution is 2.42. The molecular weight excluding hydrogens is 607 g/mol. The Hall–Kier alpha value is -4.73. The molecule has 0 fully saturated rings. The number of amides is 3. The van der Waals surface area contributed by atoms with E-state index in [2.05, 4.69) is 0 Å². The Morgan fingerprint density at radius 3 is 2.11 bits per heavy atom. The highest BCUT2D eigenvalue weighted by atomic mass is 19.1. The van der Waals surface area contributed by atoms with Gasteiger partial charge in [-0.2, -0.15) is 0 Å². The van der Waals surface area contributed by atoms with Gasteiger partial charge in [0.05, 0.1) is 28.8 Å². The minimum atomic E-state index is -1.12. The normalized spacial score (nSPS) is 14.4. The number of carbonyl (C=O) groups is 3. The Labute approximate surface area is 272 Å². The number of hydrogen-bond donors (Lipinski definition) is 0. The first-order valence-corrected chi connectivity index (χ1v) is 15.6. The highest BCUT2D eigenvalue weighted by Gasteiger charge is 2.43. The molecule has 3 amide bonds. The second-order valence-corrected chi connectivity index (χ2v) is 13.2. The molecular formula is C37H38F3N3O4. The lowest BCUT2D eigenvalue weighted by molar-refractivity contribution is -0.140. The van der Waals surface area contributed by atoms with Gasteiger partial charge in [0.1, 0.15) is 29.8 Å². The van der Waals surface area contributed by atoms with Crippen molar-refractivity contribution in [2.45, 2.75) is 59.5 Å². The van der Waals surface area contributed by atoms with Gasteiger partial charge in [0.15, 0.2) is 0 Å². The van der Waals surface area contributed by atoms with Gasteiger partial charge in [-0.25, -0.2) is 18.2 Å². The lowest BCUT2D eigenvalue weighted by Gasteiger charge is -2.41. The van der Waals surface area contributed by atoms with E-state index >= 15 is 0 Å². The molecule has 4 aromatic rings. The number of alkyl halides is 1. The number of aromatic nitrogens is 1. The topological polar surface area (TPSA) is 83.7 Å². The summed E-state index contributed by atoms with van der Waals surface area (Å²) in [4.78, 5) is 47.6. The summed E-state index contributed by atoms with van der Waals surface area (Å²) in [6, 6.07) is 16.9. The number of carbonyl (C=O) groups excluding carboxylic acids is 3. The van der Waals surface area contributed by atoms with Gasteiger partial charge in [-0.05, 0) is 47.7 Å². The predicted octanol–water partition coefficient (Wildman–Crippen LogP) is 7.81. The lowest BCUT2D eigenvalue weighted by atomic mass is 9.81. The van der Waals surface area contributed by atoms with Crippen molar-refractivity contribution in [1.82, 2.24) is 14.8 Å². The van der Waals surface area contributed by atoms with E-state index in [1.54, 1.807) is 30.9 Å². The van der Waals surface area contributed by atoms with E-state index in [-0.39, 0.29) is 47.9 Å². The van der Waals surface area contributed by atoms with Gasteiger partial charge in [0, 0.05) is 18.9 Å². The van der Waals surface area contributed by atoms with Crippen molar-refractivity contribution in [2.75, 3.05) is 13.2 Å². The number of rotatable bonds is 11. The standard InChI is InChI=1S/C37H38F3N3O4/c1-22(2)34(44)42(18-17-25(21-38)43-35(45)26-13-9-10-14-27(26)36(43)46)32(37(3,4)5)31-30(19-23-11-7-6-8-12-23)47-33(41-31)28-20-24(39)15-16-29(28)40/h6-16,20,22,25,32H,17-19,21H2,1-5H3/t25-,32+/m0/s1. The Morgan fingerprint density at radius 1 is 0.915 bits per heavy atom. The van der Waals surface area contributed by atoms with Crippen molar-refractivity contribution in [2.24, 2.45) is 11.3 Å². The molecule has 0 spiro atoms. The SMILES string of the molecule is CC(C)C(=O)N(CC[C@@H](CF)N1C(=O)c2ccccc2C1=O)[C@H](c1nc(-c2cc(F)ccc2F)oc1Cc1ccccc1)C(C)(C)C. The highest BCUT2D eigenvalue weighted by molar-refractivity contribution is 6.21. The number of hydrogen-bond acceptors (Lipinski definition) is 5. The van der Waals surface area contributed by atoms with Gasteiger partial charge in [0.2, 0.25) is 11.8 Å². The number of oxazole rings is 1. The number of halogens is 3. The monoisotopic (exact) mass is 645 g/mol. The summed E-state index contributed by atoms with van der Waals surface area (Å²) in [6.45, 7) is 8.21. The van der Waals surface area contributed by atoms with E-state index in [0.717, 1.165) is 28.7 Å². The molecule has 2 atom stereocenters. The molecule has 0 aliphatic carbocycles. The van der Waals surface area contributed by atoms with Crippen molar-refractivity contribution in [3.8, 4) is 11.5 Å². The molecule has 3 aromatic carbocycles. The molecule has 0 bridgehead atoms. The van der Waals surface area contributed by atoms with E-state index in [4.69, 9.17) is 9.40 Å². The summed E-state index contributed by atoms with van der Waals surface area (Å²) in [5, 5.41) is 0. The molecule has 1 aliphatic heterocycles. The van der Waals surface area contributed by atoms with Gasteiger partial charge in [0.25, 0.3) is 11.8 Å². The molecule has 0 N–H and O–H groups in total. The average molecular weight is 646 g/mol. The largest absolute Gasteiger partial charge is 0.440 e. The second-order valence-electron chi connectivity index (χ2n) is 13.2. The van der Waals surface area contributed by atoms with Crippen LogP contribution in [0.15, 0.2) is 77.2 Å². The van der Waals surface area contributed by atoms with Crippen molar-refractivity contribution in [3.05, 3.63) is 113 Å². The predicted molar refractivity (Wildman–Crippen MR) is 171 cm³/mol. The smallest absolute Gasteiger partial charge is 0.261 e. The molecule has 246 valence electrons. The summed E-state index contributed by atoms with van der Waals surface area (Å²) >= 11 is 0.